The van der Waals surface area contributed by atoms with Crippen molar-refractivity contribution in [1.82, 2.24) is 5.32 Å². The molecule has 106 valence electrons. The van der Waals surface area contributed by atoms with Gasteiger partial charge in [0.25, 0.3) is 0 Å². The quantitative estimate of drug-likeness (QED) is 0.906. The van der Waals surface area contributed by atoms with E-state index in [-0.39, 0.29) is 5.82 Å². The molecule has 1 aromatic carbocycles. The van der Waals surface area contributed by atoms with Crippen LogP contribution in [0.5, 0.6) is 5.75 Å². The van der Waals surface area contributed by atoms with Crippen LogP contribution in [0.4, 0.5) is 10.1 Å². The lowest BCUT2D eigenvalue weighted by molar-refractivity contribution is 0.380. The molecule has 1 atom stereocenters. The topological polar surface area (TPSA) is 24.5 Å². The fourth-order valence-corrected chi connectivity index (χ4v) is 2.68. The number of nitrogens with zero attached hydrogens (tertiary/aromatic N) is 1. The predicted octanol–water partition coefficient (Wildman–Crippen LogP) is 2.66. The second-order valence-electron chi connectivity index (χ2n) is 5.54. The minimum absolute atomic E-state index is 0.255. The summed E-state index contributed by atoms with van der Waals surface area (Å²) in [5, 5.41) is 3.54. The number of methoxy groups -OCH3 is 1. The molecule has 0 radical (unpaired) electrons. The number of benzene rings is 1. The number of hydrogen-bond acceptors (Lipinski definition) is 3. The van der Waals surface area contributed by atoms with Crippen LogP contribution in [0.25, 0.3) is 0 Å². The molecule has 1 saturated heterocycles. The highest BCUT2D eigenvalue weighted by atomic mass is 19.1. The summed E-state index contributed by atoms with van der Waals surface area (Å²) in [6, 6.07) is 5.25. The molecule has 4 heteroatoms. The van der Waals surface area contributed by atoms with Gasteiger partial charge in [-0.15, -0.1) is 0 Å². The molecule has 1 fully saturated rings. The summed E-state index contributed by atoms with van der Waals surface area (Å²) >= 11 is 0. The molecule has 1 unspecified atom stereocenters. The van der Waals surface area contributed by atoms with Crippen LogP contribution in [-0.2, 0) is 0 Å². The maximum atomic E-state index is 13.2. The third-order valence-electron chi connectivity index (χ3n) is 3.49. The van der Waals surface area contributed by atoms with Gasteiger partial charge >= 0.3 is 0 Å². The Morgan fingerprint density at radius 2 is 2.26 bits per heavy atom. The van der Waals surface area contributed by atoms with Crippen LogP contribution in [0.1, 0.15) is 20.3 Å². The first kappa shape index (κ1) is 14.1. The molecule has 1 aromatic rings. The highest BCUT2D eigenvalue weighted by Gasteiger charge is 2.22. The van der Waals surface area contributed by atoms with Gasteiger partial charge in [-0.05, 0) is 24.5 Å². The Bertz CT molecular complexity index is 423. The minimum Gasteiger partial charge on any atom is -0.494 e. The second-order valence-corrected chi connectivity index (χ2v) is 5.54. The van der Waals surface area contributed by atoms with E-state index in [9.17, 15) is 4.39 Å². The number of nitrogens with one attached hydrogen (secondary N) is 1. The Morgan fingerprint density at radius 3 is 2.95 bits per heavy atom. The molecule has 0 amide bonds. The molecule has 2 rings (SSSR count). The first-order chi connectivity index (χ1) is 9.10. The van der Waals surface area contributed by atoms with Crippen molar-refractivity contribution in [3.05, 3.63) is 24.0 Å². The van der Waals surface area contributed by atoms with E-state index in [2.05, 4.69) is 24.1 Å². The highest BCUT2D eigenvalue weighted by Crippen LogP contribution is 2.30. The average molecular weight is 266 g/mol. The third-order valence-corrected chi connectivity index (χ3v) is 3.49. The van der Waals surface area contributed by atoms with Crippen LogP contribution < -0.4 is 15.0 Å². The van der Waals surface area contributed by atoms with Gasteiger partial charge in [-0.3, -0.25) is 0 Å². The molecule has 19 heavy (non-hydrogen) atoms. The lowest BCUT2D eigenvalue weighted by Gasteiger charge is -2.36. The number of rotatable bonds is 4. The zero-order valence-electron chi connectivity index (χ0n) is 11.9. The van der Waals surface area contributed by atoms with Gasteiger partial charge in [0.05, 0.1) is 12.8 Å². The van der Waals surface area contributed by atoms with Crippen LogP contribution in [-0.4, -0.2) is 32.8 Å². The van der Waals surface area contributed by atoms with Gasteiger partial charge in [0.15, 0.2) is 0 Å². The van der Waals surface area contributed by atoms with Gasteiger partial charge in [0.1, 0.15) is 11.6 Å². The van der Waals surface area contributed by atoms with Crippen molar-refractivity contribution in [2.45, 2.75) is 26.3 Å². The van der Waals surface area contributed by atoms with Crippen molar-refractivity contribution in [2.75, 3.05) is 31.6 Å². The summed E-state index contributed by atoms with van der Waals surface area (Å²) in [5.41, 5.74) is 0.985. The molecule has 1 aliphatic heterocycles. The Morgan fingerprint density at radius 1 is 1.47 bits per heavy atom. The SMILES string of the molecule is COc1cc(F)ccc1N1CCNC(CC(C)C)C1. The average Bonchev–Trinajstić information content (AvgIpc) is 2.38. The van der Waals surface area contributed by atoms with Crippen molar-refractivity contribution in [1.29, 1.82) is 0 Å². The van der Waals surface area contributed by atoms with E-state index in [4.69, 9.17) is 4.74 Å². The van der Waals surface area contributed by atoms with Gasteiger partial charge in [0, 0.05) is 31.7 Å². The van der Waals surface area contributed by atoms with E-state index in [0.717, 1.165) is 31.7 Å². The van der Waals surface area contributed by atoms with E-state index in [1.54, 1.807) is 7.11 Å². The first-order valence-electron chi connectivity index (χ1n) is 6.92. The zero-order valence-corrected chi connectivity index (χ0v) is 11.9. The van der Waals surface area contributed by atoms with Gasteiger partial charge < -0.3 is 15.0 Å². The lowest BCUT2D eigenvalue weighted by Crippen LogP contribution is -2.51. The summed E-state index contributed by atoms with van der Waals surface area (Å²) in [5.74, 6) is 1.03. The summed E-state index contributed by atoms with van der Waals surface area (Å²) in [6.07, 6.45) is 1.15. The smallest absolute Gasteiger partial charge is 0.145 e. The van der Waals surface area contributed by atoms with Crippen molar-refractivity contribution >= 4 is 5.69 Å². The number of ether oxygens (including phenoxy) is 1. The van der Waals surface area contributed by atoms with Crippen molar-refractivity contribution in [3.63, 3.8) is 0 Å². The van der Waals surface area contributed by atoms with E-state index >= 15 is 0 Å². The van der Waals surface area contributed by atoms with Crippen molar-refractivity contribution < 1.29 is 9.13 Å². The Labute approximate surface area is 114 Å². The van der Waals surface area contributed by atoms with Crippen molar-refractivity contribution in [2.24, 2.45) is 5.92 Å². The minimum atomic E-state index is -0.255. The van der Waals surface area contributed by atoms with Crippen LogP contribution in [0.3, 0.4) is 0 Å². The Balaban J connectivity index is 2.12. The molecule has 1 aliphatic rings. The summed E-state index contributed by atoms with van der Waals surface area (Å²) in [6.45, 7) is 7.30. The summed E-state index contributed by atoms with van der Waals surface area (Å²) in [4.78, 5) is 2.28. The lowest BCUT2D eigenvalue weighted by atomic mass is 10.0. The molecule has 0 spiro atoms. The zero-order chi connectivity index (χ0) is 13.8. The van der Waals surface area contributed by atoms with Crippen LogP contribution in [0, 0.1) is 11.7 Å². The number of halogens is 1. The van der Waals surface area contributed by atoms with E-state index in [0.29, 0.717) is 17.7 Å². The van der Waals surface area contributed by atoms with E-state index < -0.39 is 0 Å². The Hall–Kier alpha value is -1.29. The number of piperazine rings is 1. The van der Waals surface area contributed by atoms with Gasteiger partial charge in [-0.25, -0.2) is 4.39 Å². The standard InChI is InChI=1S/C15H23FN2O/c1-11(2)8-13-10-18(7-6-17-13)14-5-4-12(16)9-15(14)19-3/h4-5,9,11,13,17H,6-8,10H2,1-3H3. The molecule has 1 N–H and O–H groups in total. The molecular weight excluding hydrogens is 243 g/mol. The molecule has 0 aliphatic carbocycles. The van der Waals surface area contributed by atoms with Crippen LogP contribution in [0.2, 0.25) is 0 Å². The molecule has 0 bridgehead atoms. The third kappa shape index (κ3) is 3.60. The van der Waals surface area contributed by atoms with E-state index in [1.807, 2.05) is 6.07 Å². The van der Waals surface area contributed by atoms with Crippen molar-refractivity contribution in [3.8, 4) is 5.75 Å². The molecule has 3 nitrogen and oxygen atoms in total. The number of hydrogen-bond donors (Lipinski definition) is 1. The highest BCUT2D eigenvalue weighted by molar-refractivity contribution is 5.59. The fourth-order valence-electron chi connectivity index (χ4n) is 2.68. The second kappa shape index (κ2) is 6.24. The van der Waals surface area contributed by atoms with E-state index in [1.165, 1.54) is 12.1 Å². The van der Waals surface area contributed by atoms with Crippen LogP contribution in [0.15, 0.2) is 18.2 Å². The van der Waals surface area contributed by atoms with Gasteiger partial charge in [0.2, 0.25) is 0 Å². The first-order valence-corrected chi connectivity index (χ1v) is 6.92. The van der Waals surface area contributed by atoms with Crippen LogP contribution >= 0.6 is 0 Å². The molecule has 0 saturated carbocycles. The van der Waals surface area contributed by atoms with Gasteiger partial charge in [-0.1, -0.05) is 13.8 Å². The maximum Gasteiger partial charge on any atom is 0.145 e. The Kier molecular flexibility index (Phi) is 4.64. The van der Waals surface area contributed by atoms with Gasteiger partial charge in [-0.2, -0.15) is 0 Å². The maximum absolute atomic E-state index is 13.2. The molecule has 1 heterocycles. The normalized spacial score (nSPS) is 19.8. The summed E-state index contributed by atoms with van der Waals surface area (Å²) in [7, 11) is 1.59. The number of anilines is 1. The summed E-state index contributed by atoms with van der Waals surface area (Å²) < 4.78 is 18.5. The largest absolute Gasteiger partial charge is 0.494 e. The fraction of sp³-hybridized carbons (Fsp3) is 0.600. The predicted molar refractivity (Wildman–Crippen MR) is 76.4 cm³/mol. The molecular formula is C15H23FN2O. The molecule has 0 aromatic heterocycles. The monoisotopic (exact) mass is 266 g/mol.